The Hall–Kier alpha value is -2.39. The summed E-state index contributed by atoms with van der Waals surface area (Å²) in [6.07, 6.45) is 0. The summed E-state index contributed by atoms with van der Waals surface area (Å²) in [4.78, 5) is 40.1. The molecule has 9 heteroatoms. The van der Waals surface area contributed by atoms with E-state index in [0.29, 0.717) is 5.69 Å². The van der Waals surface area contributed by atoms with E-state index in [1.165, 1.54) is 0 Å². The van der Waals surface area contributed by atoms with Gasteiger partial charge < -0.3 is 10.1 Å². The molecule has 1 heterocycles. The Bertz CT molecular complexity index is 812. The van der Waals surface area contributed by atoms with Gasteiger partial charge >= 0.3 is 5.97 Å². The molecule has 0 saturated carbocycles. The number of carbonyl (C=O) groups is 3. The van der Waals surface area contributed by atoms with Gasteiger partial charge in [-0.3, -0.25) is 19.8 Å². The van der Waals surface area contributed by atoms with Crippen LogP contribution in [-0.2, 0) is 19.1 Å². The molecule has 0 bridgehead atoms. The highest BCUT2D eigenvalue weighted by Crippen LogP contribution is 2.22. The minimum atomic E-state index is -1.45. The minimum Gasteiger partial charge on any atom is -0.468 e. The van der Waals surface area contributed by atoms with Crippen molar-refractivity contribution in [3.8, 4) is 0 Å². The van der Waals surface area contributed by atoms with Gasteiger partial charge in [-0.1, -0.05) is 22.5 Å². The van der Waals surface area contributed by atoms with Gasteiger partial charge in [-0.2, -0.15) is 0 Å². The molecule has 2 N–H and O–H groups in total. The normalized spacial score (nSPS) is 11.6. The smallest absolute Gasteiger partial charge is 0.323 e. The number of methoxy groups -OCH3 is 1. The van der Waals surface area contributed by atoms with Gasteiger partial charge in [0.25, 0.3) is 5.91 Å². The highest BCUT2D eigenvalue weighted by molar-refractivity contribution is 7.68. The summed E-state index contributed by atoms with van der Waals surface area (Å²) >= 11 is 0. The molecule has 7 nitrogen and oxygen atoms in total. The molecule has 0 unspecified atom stereocenters. The third-order valence-electron chi connectivity index (χ3n) is 2.86. The monoisotopic (exact) mass is 351 g/mol. The number of nitrogens with one attached hydrogen (secondary N) is 2. The maximum absolute atomic E-state index is 12.3. The molecule has 0 radical (unpaired) electrons. The fourth-order valence-corrected chi connectivity index (χ4v) is 3.61. The molecule has 1 aromatic carbocycles. The Morgan fingerprint density at radius 3 is 2.61 bits per heavy atom. The Balaban J connectivity index is 2.24. The minimum absolute atomic E-state index is 0.0363. The number of Topliss-reactive ketones (excluding diaryl/α,β-unsaturated/α-hetero) is 1. The molecule has 0 aliphatic rings. The maximum atomic E-state index is 12.3. The summed E-state index contributed by atoms with van der Waals surface area (Å²) in [6.45, 7) is 1.85. The largest absolute Gasteiger partial charge is 0.468 e. The fraction of sp³-hybridized carbons (Fsp3) is 0.214. The number of ether oxygens (including phenoxy) is 1. The Kier molecular flexibility index (Phi) is 5.35. The number of ketones is 1. The van der Waals surface area contributed by atoms with Crippen molar-refractivity contribution < 1.29 is 19.1 Å². The molecular weight excluding hydrogens is 338 g/mol. The molecule has 0 fully saturated rings. The van der Waals surface area contributed by atoms with Crippen LogP contribution >= 0.6 is 20.7 Å². The Morgan fingerprint density at radius 2 is 2.04 bits per heavy atom. The molecule has 0 aliphatic carbocycles. The molecule has 120 valence electrons. The van der Waals surface area contributed by atoms with Crippen molar-refractivity contribution >= 4 is 44.0 Å². The fourth-order valence-electron chi connectivity index (χ4n) is 1.82. The number of rotatable bonds is 5. The van der Waals surface area contributed by atoms with Gasteiger partial charge in [0.05, 0.1) is 7.11 Å². The van der Waals surface area contributed by atoms with Gasteiger partial charge in [-0.25, -0.2) is 4.98 Å². The number of nitrogens with zero attached hydrogens (tertiary/aromatic N) is 1. The van der Waals surface area contributed by atoms with E-state index in [2.05, 4.69) is 15.0 Å². The van der Waals surface area contributed by atoms with E-state index in [-0.39, 0.29) is 9.81 Å². The highest BCUT2D eigenvalue weighted by atomic mass is 32.9. The second kappa shape index (κ2) is 7.25. The van der Waals surface area contributed by atoms with Crippen molar-refractivity contribution in [2.24, 2.45) is 0 Å². The van der Waals surface area contributed by atoms with Gasteiger partial charge in [-0.05, 0) is 35.0 Å². The molecule has 23 heavy (non-hydrogen) atoms. The van der Waals surface area contributed by atoms with Crippen LogP contribution in [-0.4, -0.2) is 29.8 Å². The first kappa shape index (κ1) is 17.0. The zero-order valence-corrected chi connectivity index (χ0v) is 13.9. The Labute approximate surface area is 138 Å². The zero-order chi connectivity index (χ0) is 17.0. The third kappa shape index (κ3) is 4.08. The van der Waals surface area contributed by atoms with Crippen LogP contribution in [0.4, 0.5) is 5.69 Å². The van der Waals surface area contributed by atoms with Crippen LogP contribution in [0.1, 0.15) is 16.5 Å². The van der Waals surface area contributed by atoms with E-state index in [4.69, 9.17) is 5.41 Å². The first-order chi connectivity index (χ1) is 10.9. The molecule has 1 atom stereocenters. The quantitative estimate of drug-likeness (QED) is 0.367. The first-order valence-corrected chi connectivity index (χ1v) is 8.58. The highest BCUT2D eigenvalue weighted by Gasteiger charge is 2.36. The van der Waals surface area contributed by atoms with Crippen LogP contribution in [0.3, 0.4) is 0 Å². The lowest BCUT2D eigenvalue weighted by molar-refractivity contribution is -0.148. The first-order valence-electron chi connectivity index (χ1n) is 6.43. The molecule has 0 aliphatic heterocycles. The number of aryl methyl sites for hydroxylation is 1. The number of benzene rings is 1. The van der Waals surface area contributed by atoms with Crippen molar-refractivity contribution in [1.82, 2.24) is 4.98 Å². The van der Waals surface area contributed by atoms with Crippen molar-refractivity contribution in [2.75, 3.05) is 12.4 Å². The molecule has 0 spiro atoms. The van der Waals surface area contributed by atoms with Crippen LogP contribution in [0.2, 0.25) is 0 Å². The number of amides is 1. The average molecular weight is 351 g/mol. The number of hydrogen-bond donors (Lipinski definition) is 2. The van der Waals surface area contributed by atoms with Crippen LogP contribution in [0, 0.1) is 12.3 Å². The summed E-state index contributed by atoms with van der Waals surface area (Å²) in [6, 6.07) is 6.92. The van der Waals surface area contributed by atoms with Crippen LogP contribution in [0.5, 0.6) is 0 Å². The summed E-state index contributed by atoms with van der Waals surface area (Å²) < 4.78 is 4.59. The second-order valence-corrected chi connectivity index (χ2v) is 6.70. The number of carbonyl (C=O) groups excluding carboxylic acids is 3. The molecule has 1 amide bonds. The van der Waals surface area contributed by atoms with Gasteiger partial charge in [0.1, 0.15) is 5.01 Å². The molecular formula is C14H13N3O4S2. The molecule has 2 rings (SSSR count). The van der Waals surface area contributed by atoms with E-state index in [1.54, 1.807) is 18.2 Å². The number of esters is 1. The molecule has 0 saturated heterocycles. The van der Waals surface area contributed by atoms with Crippen molar-refractivity contribution in [1.29, 1.82) is 5.41 Å². The lowest BCUT2D eigenvalue weighted by atomic mass is 10.0. The predicted molar refractivity (Wildman–Crippen MR) is 85.4 cm³/mol. The van der Waals surface area contributed by atoms with Crippen LogP contribution in [0.15, 0.2) is 24.3 Å². The zero-order valence-electron chi connectivity index (χ0n) is 12.3. The van der Waals surface area contributed by atoms with E-state index in [0.717, 1.165) is 33.4 Å². The van der Waals surface area contributed by atoms with Crippen molar-refractivity contribution in [3.05, 3.63) is 39.6 Å². The average Bonchev–Trinajstić information content (AvgIpc) is 2.93. The standard InChI is InChI=1S/C14H13N3O4S2/c1-7-4-3-5-8(6-7)16-11(19)10(18)9(13(20)21-2)12-17-14(15)23-22-12/h3-6,9,15H,1-2H3,(H,16,19)/t9-/m1/s1. The van der Waals surface area contributed by atoms with Crippen LogP contribution in [0.25, 0.3) is 0 Å². The Morgan fingerprint density at radius 1 is 1.30 bits per heavy atom. The molecule has 1 aromatic heterocycles. The van der Waals surface area contributed by atoms with Gasteiger partial charge in [-0.15, -0.1) is 0 Å². The second-order valence-electron chi connectivity index (χ2n) is 4.57. The topological polar surface area (TPSA) is 109 Å². The van der Waals surface area contributed by atoms with E-state index in [1.807, 2.05) is 13.0 Å². The van der Waals surface area contributed by atoms with Crippen LogP contribution < -0.4 is 10.1 Å². The van der Waals surface area contributed by atoms with E-state index < -0.39 is 23.6 Å². The lowest BCUT2D eigenvalue weighted by Crippen LogP contribution is -2.33. The van der Waals surface area contributed by atoms with Gasteiger partial charge in [0.2, 0.25) is 10.6 Å². The van der Waals surface area contributed by atoms with E-state index in [9.17, 15) is 14.4 Å². The SMILES string of the molecule is COC(=O)[C@H](C(=O)C(=O)Nc1cccc(C)c1)c1nc(=N)ss1. The number of aromatic nitrogens is 1. The van der Waals surface area contributed by atoms with Crippen molar-refractivity contribution in [3.63, 3.8) is 0 Å². The summed E-state index contributed by atoms with van der Waals surface area (Å²) in [7, 11) is 3.12. The number of anilines is 1. The summed E-state index contributed by atoms with van der Waals surface area (Å²) in [5, 5.41) is 9.95. The predicted octanol–water partition coefficient (Wildman–Crippen LogP) is 1.46. The third-order valence-corrected chi connectivity index (χ3v) is 4.93. The maximum Gasteiger partial charge on any atom is 0.323 e. The van der Waals surface area contributed by atoms with E-state index >= 15 is 0 Å². The number of hydrogen-bond acceptors (Lipinski definition) is 8. The van der Waals surface area contributed by atoms with Crippen molar-refractivity contribution in [2.45, 2.75) is 12.8 Å². The van der Waals surface area contributed by atoms with Gasteiger partial charge in [0.15, 0.2) is 5.92 Å². The van der Waals surface area contributed by atoms with Gasteiger partial charge in [0, 0.05) is 5.69 Å². The summed E-state index contributed by atoms with van der Waals surface area (Å²) in [5.74, 6) is -4.24. The summed E-state index contributed by atoms with van der Waals surface area (Å²) in [5.41, 5.74) is 1.37. The molecule has 2 aromatic rings. The lowest BCUT2D eigenvalue weighted by Gasteiger charge is -2.11.